The smallest absolute Gasteiger partial charge is 0.165 e. The first-order valence-electron chi connectivity index (χ1n) is 13.7. The summed E-state index contributed by atoms with van der Waals surface area (Å²) in [4.78, 5) is 39.4. The average molecular weight is 473 g/mol. The van der Waals surface area contributed by atoms with Crippen molar-refractivity contribution in [3.05, 3.63) is 0 Å². The highest BCUT2D eigenvalue weighted by Crippen LogP contribution is 2.79. The quantitative estimate of drug-likeness (QED) is 0.526. The molecular formula is C29H44O5. The molecule has 34 heavy (non-hydrogen) atoms. The minimum absolute atomic E-state index is 0.00675. The third-order valence-electron chi connectivity index (χ3n) is 12.1. The number of Topliss-reactive ketones (excluding diaryl/α,β-unsaturated/α-hetero) is 3. The Kier molecular flexibility index (Phi) is 5.41. The summed E-state index contributed by atoms with van der Waals surface area (Å²) in [6.45, 7) is 15.2. The van der Waals surface area contributed by atoms with Crippen molar-refractivity contribution in [1.29, 1.82) is 0 Å². The first-order valence-corrected chi connectivity index (χ1v) is 13.7. The van der Waals surface area contributed by atoms with Gasteiger partial charge in [0, 0.05) is 43.1 Å². The molecule has 1 saturated heterocycles. The molecule has 5 heteroatoms. The van der Waals surface area contributed by atoms with Crippen LogP contribution in [0.5, 0.6) is 0 Å². The number of fused-ring (bicyclic) bond motifs is 2. The Morgan fingerprint density at radius 1 is 1.09 bits per heavy atom. The monoisotopic (exact) mass is 472 g/mol. The zero-order valence-corrected chi connectivity index (χ0v) is 22.3. The van der Waals surface area contributed by atoms with E-state index in [1.165, 1.54) is 0 Å². The zero-order valence-electron chi connectivity index (χ0n) is 22.3. The van der Waals surface area contributed by atoms with Gasteiger partial charge in [0.1, 0.15) is 17.3 Å². The number of hydrogen-bond acceptors (Lipinski definition) is 5. The van der Waals surface area contributed by atoms with Crippen LogP contribution in [0.4, 0.5) is 0 Å². The largest absolute Gasteiger partial charge is 0.352 e. The van der Waals surface area contributed by atoms with Crippen LogP contribution in [0.15, 0.2) is 0 Å². The molecule has 5 nitrogen and oxygen atoms in total. The third-order valence-corrected chi connectivity index (χ3v) is 12.1. The van der Waals surface area contributed by atoms with Gasteiger partial charge >= 0.3 is 0 Å². The highest BCUT2D eigenvalue weighted by Gasteiger charge is 2.82. The number of hydrogen-bond donors (Lipinski definition) is 0. The molecule has 190 valence electrons. The highest BCUT2D eigenvalue weighted by molar-refractivity contribution is 5.92. The summed E-state index contributed by atoms with van der Waals surface area (Å²) in [6, 6.07) is 0. The van der Waals surface area contributed by atoms with Crippen molar-refractivity contribution in [2.75, 3.05) is 6.61 Å². The molecule has 4 saturated carbocycles. The maximum absolute atomic E-state index is 14.3. The van der Waals surface area contributed by atoms with Crippen LogP contribution in [0, 0.1) is 45.3 Å². The van der Waals surface area contributed by atoms with Crippen molar-refractivity contribution in [3.63, 3.8) is 0 Å². The van der Waals surface area contributed by atoms with E-state index in [-0.39, 0.29) is 45.4 Å². The second kappa shape index (κ2) is 7.47. The predicted molar refractivity (Wildman–Crippen MR) is 129 cm³/mol. The number of rotatable bonds is 5. The van der Waals surface area contributed by atoms with Crippen molar-refractivity contribution >= 4 is 17.3 Å². The Labute approximate surface area is 205 Å². The fourth-order valence-electron chi connectivity index (χ4n) is 10.4. The second-order valence-corrected chi connectivity index (χ2v) is 13.5. The first-order chi connectivity index (χ1) is 15.8. The Bertz CT molecular complexity index is 923. The van der Waals surface area contributed by atoms with E-state index in [0.29, 0.717) is 37.7 Å². The molecule has 5 rings (SSSR count). The Hall–Kier alpha value is -1.07. The van der Waals surface area contributed by atoms with Gasteiger partial charge in [-0.05, 0) is 68.6 Å². The Morgan fingerprint density at radius 3 is 2.44 bits per heavy atom. The van der Waals surface area contributed by atoms with Gasteiger partial charge in [0.2, 0.25) is 0 Å². The van der Waals surface area contributed by atoms with Crippen LogP contribution in [0.3, 0.4) is 0 Å². The molecule has 1 heterocycles. The second-order valence-electron chi connectivity index (χ2n) is 13.5. The molecule has 0 aromatic heterocycles. The average Bonchev–Trinajstić information content (AvgIpc) is 3.11. The predicted octanol–water partition coefficient (Wildman–Crippen LogP) is 5.53. The fourth-order valence-corrected chi connectivity index (χ4v) is 10.4. The van der Waals surface area contributed by atoms with Gasteiger partial charge in [0.15, 0.2) is 6.29 Å². The molecule has 0 amide bonds. The maximum Gasteiger partial charge on any atom is 0.165 e. The lowest BCUT2D eigenvalue weighted by atomic mass is 9.36. The summed E-state index contributed by atoms with van der Waals surface area (Å²) in [5, 5.41) is 0. The van der Waals surface area contributed by atoms with Gasteiger partial charge in [-0.3, -0.25) is 9.59 Å². The normalized spacial score (nSPS) is 49.9. The highest BCUT2D eigenvalue weighted by atomic mass is 16.7. The lowest BCUT2D eigenvalue weighted by Gasteiger charge is -2.65. The molecule has 5 fully saturated rings. The van der Waals surface area contributed by atoms with E-state index in [1.54, 1.807) is 6.92 Å². The summed E-state index contributed by atoms with van der Waals surface area (Å²) < 4.78 is 13.2. The van der Waals surface area contributed by atoms with E-state index in [2.05, 4.69) is 20.8 Å². The van der Waals surface area contributed by atoms with Crippen LogP contribution in [0.25, 0.3) is 0 Å². The van der Waals surface area contributed by atoms with Crippen molar-refractivity contribution in [2.45, 2.75) is 112 Å². The minimum atomic E-state index is -0.750. The van der Waals surface area contributed by atoms with Crippen LogP contribution in [0.1, 0.15) is 99.8 Å². The molecule has 9 atom stereocenters. The van der Waals surface area contributed by atoms with E-state index >= 15 is 0 Å². The lowest BCUT2D eigenvalue weighted by Crippen LogP contribution is -2.69. The number of ketones is 3. The summed E-state index contributed by atoms with van der Waals surface area (Å²) in [6.07, 6.45) is 5.88. The summed E-state index contributed by atoms with van der Waals surface area (Å²) in [7, 11) is 0. The summed E-state index contributed by atoms with van der Waals surface area (Å²) >= 11 is 0. The number of carbonyl (C=O) groups excluding carboxylic acids is 3. The minimum Gasteiger partial charge on any atom is -0.352 e. The van der Waals surface area contributed by atoms with Crippen LogP contribution >= 0.6 is 0 Å². The van der Waals surface area contributed by atoms with Crippen molar-refractivity contribution in [2.24, 2.45) is 45.3 Å². The van der Waals surface area contributed by atoms with Crippen LogP contribution in [0.2, 0.25) is 0 Å². The van der Waals surface area contributed by atoms with E-state index in [1.807, 2.05) is 20.8 Å². The molecule has 2 bridgehead atoms. The number of ether oxygens (including phenoxy) is 2. The van der Waals surface area contributed by atoms with Crippen LogP contribution < -0.4 is 0 Å². The first kappa shape index (κ1) is 24.6. The number of carbonyl (C=O) groups is 3. The zero-order chi connectivity index (χ0) is 24.9. The van der Waals surface area contributed by atoms with E-state index in [0.717, 1.165) is 32.1 Å². The van der Waals surface area contributed by atoms with Gasteiger partial charge in [0.05, 0.1) is 11.0 Å². The molecule has 0 aromatic rings. The molecule has 1 spiro atoms. The molecule has 2 unspecified atom stereocenters. The summed E-state index contributed by atoms with van der Waals surface area (Å²) in [5.41, 5.74) is -1.95. The lowest BCUT2D eigenvalue weighted by molar-refractivity contribution is -0.230. The fraction of sp³-hybridized carbons (Fsp3) is 0.897. The molecule has 5 aliphatic rings. The third kappa shape index (κ3) is 2.67. The molecule has 0 N–H and O–H groups in total. The maximum atomic E-state index is 14.3. The molecule has 4 aliphatic carbocycles. The van der Waals surface area contributed by atoms with Crippen molar-refractivity contribution in [3.8, 4) is 0 Å². The Balaban J connectivity index is 1.63. The van der Waals surface area contributed by atoms with E-state index in [9.17, 15) is 14.4 Å². The standard InChI is InChI=1S/C29H44O5/c1-8-33-24-28-14-13-26(6)19(17(2)15-18(3)30)11-12-27(26,7)23(28)20(31)16-29(34-24)21(28)9-10-22(32)25(29,4)5/h17,19,21,23-24H,8-16H2,1-7H3/t17-,19-,21?,23?,24-,26-,27+,28-,29-/m1/s1. The summed E-state index contributed by atoms with van der Waals surface area (Å²) in [5.74, 6) is 1.57. The Morgan fingerprint density at radius 2 is 1.79 bits per heavy atom. The van der Waals surface area contributed by atoms with Crippen molar-refractivity contribution in [1.82, 2.24) is 0 Å². The molecular weight excluding hydrogens is 428 g/mol. The van der Waals surface area contributed by atoms with Crippen LogP contribution in [-0.2, 0) is 23.9 Å². The van der Waals surface area contributed by atoms with Gasteiger partial charge < -0.3 is 14.3 Å². The van der Waals surface area contributed by atoms with Gasteiger partial charge in [-0.1, -0.05) is 34.6 Å². The van der Waals surface area contributed by atoms with Gasteiger partial charge in [-0.25, -0.2) is 0 Å². The molecule has 1 aliphatic heterocycles. The van der Waals surface area contributed by atoms with Crippen molar-refractivity contribution < 1.29 is 23.9 Å². The van der Waals surface area contributed by atoms with Gasteiger partial charge in [0.25, 0.3) is 0 Å². The molecule has 0 aromatic carbocycles. The van der Waals surface area contributed by atoms with E-state index in [4.69, 9.17) is 9.47 Å². The van der Waals surface area contributed by atoms with Gasteiger partial charge in [-0.2, -0.15) is 0 Å². The van der Waals surface area contributed by atoms with Gasteiger partial charge in [-0.15, -0.1) is 0 Å². The molecule has 0 radical (unpaired) electrons. The van der Waals surface area contributed by atoms with Crippen LogP contribution in [-0.4, -0.2) is 35.8 Å². The SMILES string of the molecule is CCO[C@@H]1O[C@]23CC(=O)C4[C@@]1(CC[C@]1(C)[C@@H]([C@H](C)CC(C)=O)CC[C@@]41C)C2CCC(=O)C3(C)C. The van der Waals surface area contributed by atoms with E-state index < -0.39 is 17.3 Å². The topological polar surface area (TPSA) is 69.7 Å².